The summed E-state index contributed by atoms with van der Waals surface area (Å²) in [4.78, 5) is 242. The van der Waals surface area contributed by atoms with Crippen molar-refractivity contribution in [3.63, 3.8) is 0 Å². The maximum Gasteiger partial charge on any atom is 0.412 e. The molecule has 140 heavy (non-hydrogen) atoms. The standard InChI is InChI=1S/C88H110N22O28S2/c1-131-61-19-15-46(60-38-96-108-110(60)51-26-62(132-2)71(134-4)63(27-51)133-3)25-55(61)103-85(130)135-52-7-5-21-87(35-52)136-88(138-137-87)47-23-43-24-48(88)34-86(32-43,33-47)107-74(120)45-11-9-42(10-12-45)39-109-66(112)31-64(81(109)127)140-41-95-59(40-139)79(125)102-57(29-68(115)116)77(123)101-56(28-67(113)114)76(122)98-53(8-6-22-92-83(89)90)75(121)100-58(30-69(117)118)78(124)104-65(111)20-18-54(82(128)129)99-73(119)44-13-16-49(17-14-44)93-36-50-37-94-72-70(97-50)80(126)106-84(91)105-72/h13-17,19,25-27,37-38,42-43,45,47-48,52-54,56-59,64,93,95,139H,5-12,18,20-24,28-36,39-41H2,1-4H3,(H,98,122)(H,99,119)(H,100,121)(H,101,123)(H,102,125)(H,103,130)(H,107,120)(H,113,114)(H,115,116)(H,117,118)(H,128,129)(H4,89,90,92)(H,104,111,124)(H3,91,94,105,106,126)/t42?,43?,45?,47?,48?,52?,53-,54?,56-,57-,58-,59-,64?,86?,87?,88?/m0/s1. The van der Waals surface area contributed by atoms with E-state index in [4.69, 9.17) is 55.1 Å². The van der Waals surface area contributed by atoms with Gasteiger partial charge in [0.25, 0.3) is 11.5 Å². The van der Waals surface area contributed by atoms with Gasteiger partial charge in [0, 0.05) is 103 Å². The number of hydrogen-bond acceptors (Lipinski definition) is 35. The summed E-state index contributed by atoms with van der Waals surface area (Å²) in [6.45, 7) is 0.0211. The van der Waals surface area contributed by atoms with Crippen molar-refractivity contribution in [3.05, 3.63) is 88.6 Å². The van der Waals surface area contributed by atoms with Crippen molar-refractivity contribution in [1.82, 2.24) is 87.7 Å². The first-order valence-electron chi connectivity index (χ1n) is 45.1. The highest BCUT2D eigenvalue weighted by Crippen LogP contribution is 2.65. The van der Waals surface area contributed by atoms with Crippen molar-refractivity contribution in [1.29, 1.82) is 5.41 Å². The Bertz CT molecular complexity index is 5750. The number of thioether (sulfide) groups is 1. The van der Waals surface area contributed by atoms with Crippen LogP contribution in [-0.2, 0) is 88.1 Å². The number of guanidine groups is 1. The van der Waals surface area contributed by atoms with Crippen molar-refractivity contribution in [2.24, 2.45) is 35.3 Å². The zero-order chi connectivity index (χ0) is 101. The lowest BCUT2D eigenvalue weighted by Gasteiger charge is -2.62. The van der Waals surface area contributed by atoms with Gasteiger partial charge in [0.2, 0.25) is 76.4 Å². The third kappa shape index (κ3) is 25.3. The van der Waals surface area contributed by atoms with Gasteiger partial charge in [-0.3, -0.25) is 98.4 Å². The molecule has 11 amide bonds. The van der Waals surface area contributed by atoms with Crippen LogP contribution < -0.4 is 94.5 Å². The molecule has 2 spiro atoms. The molecule has 2 saturated heterocycles. The molecular formula is C88H110N22O28S2. The second-order valence-electron chi connectivity index (χ2n) is 35.3. The SMILES string of the molecule is COc1ccc(-c2cnnn2-c2cc(OC)c(OC)c(OC)c2)cc1NC(=O)OC1CCCC2(C1)OOC1(O2)C2CC3CC1CC(NC(=O)C1CCC(CN4C(=O)CC(SCN[C@@H](CS)C(=O)N[C@@H](CC(=O)O)C(=O)N[C@@H](CC(=O)O)C(=O)N[C@@H](CCCNC(=N)N)C(=O)N[C@@H](CC(=O)O)C(=O)NC(=O)CCC(NC(=O)c5ccc(NCc6cnc7nc(N)[nH]c(=O)c7n6)cc5)C(=O)O)C4=O)CC1)(C3)C2. The second kappa shape index (κ2) is 45.7. The number of anilines is 3. The number of fused-ring (bicyclic) bond motifs is 1. The zero-order valence-corrected chi connectivity index (χ0v) is 78.2. The molecule has 11 atom stereocenters. The second-order valence-corrected chi connectivity index (χ2v) is 36.9. The fourth-order valence-corrected chi connectivity index (χ4v) is 20.4. The number of carbonyl (C=O) groups is 15. The Kier molecular flexibility index (Phi) is 33.7. The van der Waals surface area contributed by atoms with Gasteiger partial charge in [0.1, 0.15) is 42.1 Å². The summed E-state index contributed by atoms with van der Waals surface area (Å²) in [6, 6.07) is 3.04. The number of rotatable bonds is 45. The average molecular weight is 1990 g/mol. The third-order valence-electron chi connectivity index (χ3n) is 25.7. The maximum atomic E-state index is 14.4. The molecule has 14 rings (SSSR count). The first-order valence-corrected chi connectivity index (χ1v) is 46.8. The molecule has 6 unspecified atom stereocenters. The van der Waals surface area contributed by atoms with Gasteiger partial charge in [-0.05, 0) is 144 Å². The molecule has 0 radical (unpaired) electrons. The molecule has 752 valence electrons. The van der Waals surface area contributed by atoms with E-state index in [1.165, 1.54) is 63.8 Å². The summed E-state index contributed by atoms with van der Waals surface area (Å²) in [5, 5.41) is 82.3. The van der Waals surface area contributed by atoms with E-state index in [-0.39, 0.29) is 103 Å². The Morgan fingerprint density at radius 2 is 1.34 bits per heavy atom. The topological polar surface area (TPSA) is 725 Å². The summed E-state index contributed by atoms with van der Waals surface area (Å²) in [5.74, 6) is -18.7. The van der Waals surface area contributed by atoms with Crippen LogP contribution in [0.25, 0.3) is 28.1 Å². The van der Waals surface area contributed by atoms with Gasteiger partial charge in [0.05, 0.1) is 101 Å². The first-order chi connectivity index (χ1) is 66.9. The monoisotopic (exact) mass is 1990 g/mol. The summed E-state index contributed by atoms with van der Waals surface area (Å²) < 4.78 is 37.1. The largest absolute Gasteiger partial charge is 0.495 e. The van der Waals surface area contributed by atoms with Crippen LogP contribution in [0.15, 0.2) is 71.8 Å². The third-order valence-corrected chi connectivity index (χ3v) is 27.2. The minimum absolute atomic E-state index is 0.0261. The van der Waals surface area contributed by atoms with E-state index >= 15 is 0 Å². The molecule has 4 bridgehead atoms. The van der Waals surface area contributed by atoms with Crippen molar-refractivity contribution in [2.75, 3.05) is 69.5 Å². The normalized spacial score (nSPS) is 22.8. The fraction of sp³-hybridized carbons (Fsp3) is 0.523. The molecule has 2 aliphatic heterocycles. The van der Waals surface area contributed by atoms with Gasteiger partial charge < -0.3 is 103 Å². The number of nitrogens with one attached hydrogen (secondary N) is 13. The van der Waals surface area contributed by atoms with Crippen LogP contribution in [0.1, 0.15) is 151 Å². The summed E-state index contributed by atoms with van der Waals surface area (Å²) >= 11 is 5.25. The average Bonchev–Trinajstić information content (AvgIpc) is 1.54. The van der Waals surface area contributed by atoms with E-state index in [0.29, 0.717) is 121 Å². The van der Waals surface area contributed by atoms with Crippen LogP contribution in [0.5, 0.6) is 23.0 Å². The lowest BCUT2D eigenvalue weighted by atomic mass is 9.50. The number of carboxylic acids is 4. The number of benzene rings is 3. The highest BCUT2D eigenvalue weighted by atomic mass is 32.2. The number of aromatic amines is 1. The Morgan fingerprint density at radius 3 is 1.96 bits per heavy atom. The molecule has 3 aromatic heterocycles. The Hall–Kier alpha value is -14.1. The lowest BCUT2D eigenvalue weighted by Crippen LogP contribution is -2.69. The van der Waals surface area contributed by atoms with Crippen LogP contribution in [0.3, 0.4) is 0 Å². The molecule has 5 heterocycles. The molecule has 8 fully saturated rings. The van der Waals surface area contributed by atoms with Crippen LogP contribution >= 0.6 is 24.4 Å². The number of hydrogen-bond donors (Lipinski definition) is 20. The highest BCUT2D eigenvalue weighted by Gasteiger charge is 2.70. The van der Waals surface area contributed by atoms with Gasteiger partial charge in [0.15, 0.2) is 28.6 Å². The molecule has 6 aromatic rings. The van der Waals surface area contributed by atoms with Crippen molar-refractivity contribution >= 4 is 148 Å². The van der Waals surface area contributed by atoms with Crippen molar-refractivity contribution in [3.8, 4) is 39.9 Å². The number of imide groups is 2. The van der Waals surface area contributed by atoms with Crippen LogP contribution in [0, 0.1) is 35.0 Å². The Labute approximate surface area is 807 Å². The van der Waals surface area contributed by atoms with E-state index in [1.807, 2.05) is 5.32 Å². The number of methoxy groups -OCH3 is 4. The smallest absolute Gasteiger partial charge is 0.412 e. The first kappa shape index (κ1) is 103. The predicted molar refractivity (Wildman–Crippen MR) is 493 cm³/mol. The number of amides is 11. The fourth-order valence-electron chi connectivity index (χ4n) is 19.1. The number of nitrogen functional groups attached to an aromatic ring is 1. The molecular weight excluding hydrogens is 1880 g/mol. The van der Waals surface area contributed by atoms with Gasteiger partial charge in [-0.15, -0.1) is 16.9 Å². The minimum Gasteiger partial charge on any atom is -0.495 e. The zero-order valence-electron chi connectivity index (χ0n) is 76.5. The van der Waals surface area contributed by atoms with Crippen LogP contribution in [-0.4, -0.2) is 273 Å². The minimum atomic E-state index is -2.17. The van der Waals surface area contributed by atoms with E-state index in [2.05, 4.69) is 96.0 Å². The summed E-state index contributed by atoms with van der Waals surface area (Å²) in [7, 11) is 6.01. The molecule has 6 saturated carbocycles. The summed E-state index contributed by atoms with van der Waals surface area (Å²) in [6.07, 6.45) is 3.32. The molecule has 3 aromatic carbocycles. The number of aromatic nitrogens is 7. The molecule has 21 N–H and O–H groups in total. The highest BCUT2D eigenvalue weighted by molar-refractivity contribution is 8.00. The maximum absolute atomic E-state index is 14.4. The van der Waals surface area contributed by atoms with Crippen LogP contribution in [0.2, 0.25) is 0 Å². The number of nitrogens with zero attached hydrogens (tertiary/aromatic N) is 7. The number of thiol groups is 1. The quantitative estimate of drug-likeness (QED) is 0.00485. The van der Waals surface area contributed by atoms with Crippen LogP contribution in [0.4, 0.5) is 22.1 Å². The summed E-state index contributed by atoms with van der Waals surface area (Å²) in [5.41, 5.74) is 12.7. The lowest BCUT2D eigenvalue weighted by molar-refractivity contribution is -0.392. The number of carboxylic acid groups (broad SMARTS) is 4. The molecule has 6 aliphatic carbocycles. The van der Waals surface area contributed by atoms with Gasteiger partial charge in [-0.25, -0.2) is 24.2 Å². The predicted octanol–water partition coefficient (Wildman–Crippen LogP) is 1.19. The number of aliphatic carboxylic acids is 4. The Morgan fingerprint density at radius 1 is 0.707 bits per heavy atom. The van der Waals surface area contributed by atoms with Gasteiger partial charge in [-0.2, -0.15) is 27.4 Å². The van der Waals surface area contributed by atoms with E-state index in [0.717, 1.165) is 31.0 Å². The number of nitrogens with two attached hydrogens (primary N) is 2. The number of carbonyl (C=O) groups excluding carboxylic acids is 11. The molecule has 8 aliphatic rings. The Balaban J connectivity index is 0.542. The van der Waals surface area contributed by atoms with E-state index in [1.54, 1.807) is 41.2 Å². The van der Waals surface area contributed by atoms with Gasteiger partial charge in [-0.1, -0.05) is 5.21 Å². The molecule has 52 heteroatoms. The van der Waals surface area contributed by atoms with Gasteiger partial charge >= 0.3 is 30.0 Å². The van der Waals surface area contributed by atoms with Crippen molar-refractivity contribution < 1.29 is 131 Å². The number of H-pyrrole nitrogens is 1. The number of likely N-dealkylation sites (tertiary alicyclic amines) is 1. The van der Waals surface area contributed by atoms with E-state index in [9.17, 15) is 97.1 Å². The van der Waals surface area contributed by atoms with Crippen molar-refractivity contribution in [2.45, 2.75) is 206 Å². The van der Waals surface area contributed by atoms with E-state index < -0.39 is 198 Å². The molecule has 50 nitrogen and oxygen atoms in total. The number of ether oxygens (including phenoxy) is 6.